The standard InChI is InChI=1S/C45H33NS/c1-45(2)38-22-10-6-18-33(38)34-28-27-31(29-39(34)45)46(40-23-11-7-17-32(40)30-15-4-3-5-16-30)41-24-12-8-19-35(41)36-21-14-26-43-44(36)37-20-9-13-25-42(37)47-43/h3-29H,1-2H3. The highest BCUT2D eigenvalue weighted by molar-refractivity contribution is 7.25. The Kier molecular flexibility index (Phi) is 6.41. The molecule has 7 aromatic carbocycles. The maximum atomic E-state index is 2.49. The van der Waals surface area contributed by atoms with Gasteiger partial charge in [-0.2, -0.15) is 0 Å². The van der Waals surface area contributed by atoms with E-state index in [9.17, 15) is 0 Å². The van der Waals surface area contributed by atoms with Gasteiger partial charge in [0.15, 0.2) is 0 Å². The van der Waals surface area contributed by atoms with Crippen LogP contribution in [0.25, 0.3) is 53.6 Å². The summed E-state index contributed by atoms with van der Waals surface area (Å²) in [4.78, 5) is 2.49. The summed E-state index contributed by atoms with van der Waals surface area (Å²) in [6, 6.07) is 60.1. The molecule has 0 bridgehead atoms. The molecule has 0 saturated heterocycles. The van der Waals surface area contributed by atoms with Crippen molar-refractivity contribution >= 4 is 48.6 Å². The van der Waals surface area contributed by atoms with Gasteiger partial charge in [-0.3, -0.25) is 0 Å². The van der Waals surface area contributed by atoms with E-state index >= 15 is 0 Å². The molecule has 0 N–H and O–H groups in total. The van der Waals surface area contributed by atoms with Crippen molar-refractivity contribution in [2.24, 2.45) is 0 Å². The zero-order chi connectivity index (χ0) is 31.5. The maximum Gasteiger partial charge on any atom is 0.0540 e. The minimum Gasteiger partial charge on any atom is -0.309 e. The van der Waals surface area contributed by atoms with Crippen LogP contribution >= 0.6 is 11.3 Å². The Bertz CT molecular complexity index is 2450. The third-order valence-corrected chi connectivity index (χ3v) is 11.0. The first-order valence-electron chi connectivity index (χ1n) is 16.3. The van der Waals surface area contributed by atoms with Crippen molar-refractivity contribution in [3.05, 3.63) is 175 Å². The molecule has 1 aliphatic rings. The third-order valence-electron chi connectivity index (χ3n) is 9.89. The molecule has 9 rings (SSSR count). The highest BCUT2D eigenvalue weighted by atomic mass is 32.1. The Morgan fingerprint density at radius 1 is 0.447 bits per heavy atom. The predicted molar refractivity (Wildman–Crippen MR) is 202 cm³/mol. The minimum atomic E-state index is -0.104. The molecule has 0 atom stereocenters. The van der Waals surface area contributed by atoms with Crippen LogP contribution in [-0.2, 0) is 5.41 Å². The Morgan fingerprint density at radius 2 is 1.04 bits per heavy atom. The van der Waals surface area contributed by atoms with Gasteiger partial charge in [-0.05, 0) is 69.8 Å². The number of rotatable bonds is 5. The molecule has 2 heteroatoms. The molecule has 8 aromatic rings. The molecule has 1 nitrogen and oxygen atoms in total. The largest absolute Gasteiger partial charge is 0.309 e. The number of nitrogens with zero attached hydrogens (tertiary/aromatic N) is 1. The van der Waals surface area contributed by atoms with Crippen LogP contribution in [0.3, 0.4) is 0 Å². The Balaban J connectivity index is 1.33. The molecule has 0 amide bonds. The van der Waals surface area contributed by atoms with Crippen molar-refractivity contribution in [1.29, 1.82) is 0 Å². The SMILES string of the molecule is CC1(C)c2ccccc2-c2ccc(N(c3ccccc3-c3ccccc3)c3ccccc3-c3cccc4sc5ccccc5c34)cc21. The van der Waals surface area contributed by atoms with Gasteiger partial charge in [-0.1, -0.05) is 141 Å². The number of hydrogen-bond donors (Lipinski definition) is 0. The van der Waals surface area contributed by atoms with E-state index in [2.05, 4.69) is 183 Å². The molecule has 1 heterocycles. The third kappa shape index (κ3) is 4.36. The van der Waals surface area contributed by atoms with Crippen LogP contribution in [-0.4, -0.2) is 0 Å². The van der Waals surface area contributed by atoms with Gasteiger partial charge >= 0.3 is 0 Å². The van der Waals surface area contributed by atoms with Gasteiger partial charge < -0.3 is 4.90 Å². The van der Waals surface area contributed by atoms with E-state index in [-0.39, 0.29) is 5.41 Å². The summed E-state index contributed by atoms with van der Waals surface area (Å²) in [6.07, 6.45) is 0. The first-order valence-corrected chi connectivity index (χ1v) is 17.1. The topological polar surface area (TPSA) is 3.24 Å². The van der Waals surface area contributed by atoms with Crippen molar-refractivity contribution in [3.8, 4) is 33.4 Å². The van der Waals surface area contributed by atoms with Gasteiger partial charge in [-0.15, -0.1) is 11.3 Å². The summed E-state index contributed by atoms with van der Waals surface area (Å²) in [6.45, 7) is 4.72. The Hall–Kier alpha value is -5.44. The number of para-hydroxylation sites is 2. The van der Waals surface area contributed by atoms with E-state index in [1.807, 2.05) is 11.3 Å². The lowest BCUT2D eigenvalue weighted by molar-refractivity contribution is 0.660. The molecule has 0 aliphatic heterocycles. The van der Waals surface area contributed by atoms with Gasteiger partial charge in [0.25, 0.3) is 0 Å². The first kappa shape index (κ1) is 27.8. The minimum absolute atomic E-state index is 0.104. The van der Waals surface area contributed by atoms with E-state index in [1.165, 1.54) is 64.7 Å². The van der Waals surface area contributed by atoms with E-state index in [0.717, 1.165) is 17.1 Å². The molecule has 1 aromatic heterocycles. The second kappa shape index (κ2) is 10.8. The molecule has 1 aliphatic carbocycles. The van der Waals surface area contributed by atoms with Crippen molar-refractivity contribution in [2.45, 2.75) is 19.3 Å². The molecule has 0 radical (unpaired) electrons. The molecule has 47 heavy (non-hydrogen) atoms. The summed E-state index contributed by atoms with van der Waals surface area (Å²) < 4.78 is 2.63. The van der Waals surface area contributed by atoms with Crippen LogP contribution in [0.5, 0.6) is 0 Å². The average molecular weight is 620 g/mol. The number of thiophene rings is 1. The lowest BCUT2D eigenvalue weighted by Gasteiger charge is -2.31. The van der Waals surface area contributed by atoms with Crippen molar-refractivity contribution in [2.75, 3.05) is 4.90 Å². The van der Waals surface area contributed by atoms with Gasteiger partial charge in [-0.25, -0.2) is 0 Å². The van der Waals surface area contributed by atoms with Gasteiger partial charge in [0.1, 0.15) is 0 Å². The molecular formula is C45H33NS. The zero-order valence-corrected chi connectivity index (χ0v) is 27.3. The van der Waals surface area contributed by atoms with Gasteiger partial charge in [0.05, 0.1) is 11.4 Å². The Labute approximate surface area is 280 Å². The monoisotopic (exact) mass is 619 g/mol. The molecule has 0 saturated carbocycles. The predicted octanol–water partition coefficient (Wildman–Crippen LogP) is 13.2. The highest BCUT2D eigenvalue weighted by Gasteiger charge is 2.36. The Morgan fingerprint density at radius 3 is 1.87 bits per heavy atom. The van der Waals surface area contributed by atoms with E-state index in [0.29, 0.717) is 0 Å². The average Bonchev–Trinajstić information content (AvgIpc) is 3.62. The summed E-state index contributed by atoms with van der Waals surface area (Å²) in [7, 11) is 0. The van der Waals surface area contributed by atoms with Crippen molar-refractivity contribution in [3.63, 3.8) is 0 Å². The molecular weight excluding hydrogens is 587 g/mol. The van der Waals surface area contributed by atoms with Crippen LogP contribution in [0, 0.1) is 0 Å². The number of benzene rings is 7. The number of fused-ring (bicyclic) bond motifs is 6. The van der Waals surface area contributed by atoms with Gasteiger partial charge in [0.2, 0.25) is 0 Å². The van der Waals surface area contributed by atoms with Crippen LogP contribution < -0.4 is 4.90 Å². The summed E-state index contributed by atoms with van der Waals surface area (Å²) in [5.74, 6) is 0. The van der Waals surface area contributed by atoms with E-state index in [1.54, 1.807) is 0 Å². The molecule has 0 fully saturated rings. The molecule has 224 valence electrons. The fourth-order valence-corrected chi connectivity index (χ4v) is 8.80. The van der Waals surface area contributed by atoms with E-state index in [4.69, 9.17) is 0 Å². The van der Waals surface area contributed by atoms with Crippen LogP contribution in [0.2, 0.25) is 0 Å². The van der Waals surface area contributed by atoms with Gasteiger partial charge in [0, 0.05) is 42.4 Å². The number of anilines is 3. The quantitative estimate of drug-likeness (QED) is 0.185. The second-order valence-electron chi connectivity index (χ2n) is 12.9. The van der Waals surface area contributed by atoms with Crippen molar-refractivity contribution < 1.29 is 0 Å². The zero-order valence-electron chi connectivity index (χ0n) is 26.4. The second-order valence-corrected chi connectivity index (χ2v) is 14.0. The summed E-state index contributed by atoms with van der Waals surface area (Å²) in [5.41, 5.74) is 13.7. The maximum absolute atomic E-state index is 2.49. The number of hydrogen-bond acceptors (Lipinski definition) is 2. The normalized spacial score (nSPS) is 13.1. The lowest BCUT2D eigenvalue weighted by Crippen LogP contribution is -2.17. The molecule has 0 spiro atoms. The van der Waals surface area contributed by atoms with Crippen LogP contribution in [0.15, 0.2) is 164 Å². The van der Waals surface area contributed by atoms with Crippen LogP contribution in [0.4, 0.5) is 17.1 Å². The van der Waals surface area contributed by atoms with Crippen molar-refractivity contribution in [1.82, 2.24) is 0 Å². The summed E-state index contributed by atoms with van der Waals surface area (Å²) in [5, 5.41) is 2.63. The smallest absolute Gasteiger partial charge is 0.0540 e. The van der Waals surface area contributed by atoms with Crippen LogP contribution in [0.1, 0.15) is 25.0 Å². The fraction of sp³-hybridized carbons (Fsp3) is 0.0667. The highest BCUT2D eigenvalue weighted by Crippen LogP contribution is 2.52. The summed E-state index contributed by atoms with van der Waals surface area (Å²) >= 11 is 1.87. The fourth-order valence-electron chi connectivity index (χ4n) is 7.67. The first-order chi connectivity index (χ1) is 23.1. The molecule has 0 unspecified atom stereocenters. The van der Waals surface area contributed by atoms with E-state index < -0.39 is 0 Å². The lowest BCUT2D eigenvalue weighted by atomic mass is 9.82.